The summed E-state index contributed by atoms with van der Waals surface area (Å²) in [7, 11) is 2.15. The van der Waals surface area contributed by atoms with Gasteiger partial charge >= 0.3 is 0 Å². The molecule has 2 aliphatic heterocycles. The zero-order valence-corrected chi connectivity index (χ0v) is 16.9. The van der Waals surface area contributed by atoms with E-state index in [2.05, 4.69) is 37.7 Å². The molecular weight excluding hydrogens is 338 g/mol. The van der Waals surface area contributed by atoms with Gasteiger partial charge in [0.25, 0.3) is 0 Å². The minimum absolute atomic E-state index is 0.523. The normalized spacial score (nSPS) is 20.8. The molecule has 6 heteroatoms. The lowest BCUT2D eigenvalue weighted by Crippen LogP contribution is -2.33. The van der Waals surface area contributed by atoms with Gasteiger partial charge in [0, 0.05) is 13.0 Å². The largest absolute Gasteiger partial charge is 0.465 e. The lowest BCUT2D eigenvalue weighted by molar-refractivity contribution is 0.186. The first-order valence-corrected chi connectivity index (χ1v) is 10.6. The van der Waals surface area contributed by atoms with Crippen LogP contribution in [0, 0.1) is 6.92 Å². The topological polar surface area (TPSA) is 50.3 Å². The van der Waals surface area contributed by atoms with Gasteiger partial charge in [0.05, 0.1) is 13.1 Å². The minimum Gasteiger partial charge on any atom is -0.465 e. The van der Waals surface area contributed by atoms with E-state index < -0.39 is 0 Å². The van der Waals surface area contributed by atoms with Gasteiger partial charge in [-0.15, -0.1) is 10.2 Å². The summed E-state index contributed by atoms with van der Waals surface area (Å²) in [6.45, 7) is 8.46. The van der Waals surface area contributed by atoms with Crippen LogP contribution in [0.25, 0.3) is 0 Å². The number of hydrogen-bond acceptors (Lipinski definition) is 5. The Labute approximate surface area is 162 Å². The number of aromatic nitrogens is 3. The highest BCUT2D eigenvalue weighted by atomic mass is 16.3. The summed E-state index contributed by atoms with van der Waals surface area (Å²) >= 11 is 0. The highest BCUT2D eigenvalue weighted by molar-refractivity contribution is 5.07. The lowest BCUT2D eigenvalue weighted by atomic mass is 9.96. The summed E-state index contributed by atoms with van der Waals surface area (Å²) in [6, 6.07) is 4.15. The van der Waals surface area contributed by atoms with E-state index in [-0.39, 0.29) is 0 Å². The average molecular weight is 372 g/mol. The van der Waals surface area contributed by atoms with Crippen molar-refractivity contribution in [2.24, 2.45) is 7.05 Å². The van der Waals surface area contributed by atoms with Gasteiger partial charge < -0.3 is 8.98 Å². The number of piperidine rings is 1. The standard InChI is InChI=1S/C21H33N5O/c1-17-7-8-19(27-17)15-26-13-9-18(10-14-26)21-23-22-20(24(21)2)16-25-11-5-3-4-6-12-25/h7-8,18H,3-6,9-16H2,1-2H3. The predicted molar refractivity (Wildman–Crippen MR) is 105 cm³/mol. The Hall–Kier alpha value is -1.66. The van der Waals surface area contributed by atoms with Gasteiger partial charge in [0.1, 0.15) is 23.2 Å². The molecule has 6 nitrogen and oxygen atoms in total. The molecule has 2 saturated heterocycles. The first-order valence-electron chi connectivity index (χ1n) is 10.6. The third-order valence-electron chi connectivity index (χ3n) is 6.19. The van der Waals surface area contributed by atoms with Crippen LogP contribution in [0.3, 0.4) is 0 Å². The molecule has 148 valence electrons. The van der Waals surface area contributed by atoms with Crippen molar-refractivity contribution in [3.8, 4) is 0 Å². The molecule has 0 aliphatic carbocycles. The Bertz CT molecular complexity index is 721. The van der Waals surface area contributed by atoms with E-state index in [4.69, 9.17) is 4.42 Å². The predicted octanol–water partition coefficient (Wildman–Crippen LogP) is 3.47. The van der Waals surface area contributed by atoms with Crippen molar-refractivity contribution in [1.82, 2.24) is 24.6 Å². The molecule has 0 radical (unpaired) electrons. The Kier molecular flexibility index (Phi) is 5.93. The molecule has 0 atom stereocenters. The number of furan rings is 1. The molecule has 0 unspecified atom stereocenters. The molecule has 2 aromatic rings. The summed E-state index contributed by atoms with van der Waals surface area (Å²) < 4.78 is 7.99. The molecular formula is C21H33N5O. The molecule has 0 bridgehead atoms. The molecule has 0 amide bonds. The molecule has 0 N–H and O–H groups in total. The second kappa shape index (κ2) is 8.57. The summed E-state index contributed by atoms with van der Waals surface area (Å²) in [5.74, 6) is 4.89. The van der Waals surface area contributed by atoms with Gasteiger partial charge in [-0.25, -0.2) is 0 Å². The maximum absolute atomic E-state index is 5.73. The van der Waals surface area contributed by atoms with Crippen molar-refractivity contribution >= 4 is 0 Å². The molecule has 2 aromatic heterocycles. The van der Waals surface area contributed by atoms with E-state index >= 15 is 0 Å². The van der Waals surface area contributed by atoms with Crippen LogP contribution in [0.1, 0.15) is 67.6 Å². The van der Waals surface area contributed by atoms with Crippen LogP contribution in [0.2, 0.25) is 0 Å². The second-order valence-corrected chi connectivity index (χ2v) is 8.29. The molecule has 4 heterocycles. The first kappa shape index (κ1) is 18.7. The molecule has 0 saturated carbocycles. The van der Waals surface area contributed by atoms with Crippen LogP contribution in [0.4, 0.5) is 0 Å². The summed E-state index contributed by atoms with van der Waals surface area (Å²) in [5, 5.41) is 9.14. The number of rotatable bonds is 5. The third-order valence-corrected chi connectivity index (χ3v) is 6.19. The molecule has 2 fully saturated rings. The van der Waals surface area contributed by atoms with E-state index in [0.717, 1.165) is 56.4 Å². The van der Waals surface area contributed by atoms with Gasteiger partial charge in [-0.3, -0.25) is 9.80 Å². The van der Waals surface area contributed by atoms with E-state index in [1.807, 2.05) is 13.0 Å². The summed E-state index contributed by atoms with van der Waals surface area (Å²) in [6.07, 6.45) is 7.68. The fourth-order valence-electron chi connectivity index (χ4n) is 4.50. The van der Waals surface area contributed by atoms with Crippen LogP contribution in [-0.4, -0.2) is 50.7 Å². The van der Waals surface area contributed by atoms with Crippen molar-refractivity contribution < 1.29 is 4.42 Å². The van der Waals surface area contributed by atoms with Crippen molar-refractivity contribution in [1.29, 1.82) is 0 Å². The van der Waals surface area contributed by atoms with Gasteiger partial charge in [-0.2, -0.15) is 0 Å². The van der Waals surface area contributed by atoms with Crippen molar-refractivity contribution in [3.63, 3.8) is 0 Å². The maximum atomic E-state index is 5.73. The monoisotopic (exact) mass is 371 g/mol. The Morgan fingerprint density at radius 2 is 1.63 bits per heavy atom. The Balaban J connectivity index is 1.32. The van der Waals surface area contributed by atoms with E-state index in [9.17, 15) is 0 Å². The van der Waals surface area contributed by atoms with Crippen LogP contribution < -0.4 is 0 Å². The summed E-state index contributed by atoms with van der Waals surface area (Å²) in [4.78, 5) is 5.04. The first-order chi connectivity index (χ1) is 13.2. The van der Waals surface area contributed by atoms with E-state index in [1.165, 1.54) is 44.6 Å². The van der Waals surface area contributed by atoms with Gasteiger partial charge in [-0.1, -0.05) is 12.8 Å². The van der Waals surface area contributed by atoms with Gasteiger partial charge in [-0.05, 0) is 70.9 Å². The number of nitrogens with zero attached hydrogens (tertiary/aromatic N) is 5. The van der Waals surface area contributed by atoms with Crippen molar-refractivity contribution in [3.05, 3.63) is 35.3 Å². The molecule has 27 heavy (non-hydrogen) atoms. The highest BCUT2D eigenvalue weighted by Gasteiger charge is 2.26. The molecule has 0 aromatic carbocycles. The zero-order chi connectivity index (χ0) is 18.6. The molecule has 2 aliphatic rings. The highest BCUT2D eigenvalue weighted by Crippen LogP contribution is 2.28. The number of hydrogen-bond donors (Lipinski definition) is 0. The second-order valence-electron chi connectivity index (χ2n) is 8.29. The van der Waals surface area contributed by atoms with Crippen LogP contribution in [0.15, 0.2) is 16.5 Å². The van der Waals surface area contributed by atoms with E-state index in [1.54, 1.807) is 0 Å². The number of aryl methyl sites for hydroxylation is 1. The molecule has 0 spiro atoms. The zero-order valence-electron chi connectivity index (χ0n) is 16.9. The smallest absolute Gasteiger partial charge is 0.146 e. The minimum atomic E-state index is 0.523. The quantitative estimate of drug-likeness (QED) is 0.805. The van der Waals surface area contributed by atoms with Crippen LogP contribution in [-0.2, 0) is 20.1 Å². The third kappa shape index (κ3) is 4.61. The Morgan fingerprint density at radius 1 is 0.926 bits per heavy atom. The van der Waals surface area contributed by atoms with Gasteiger partial charge in [0.2, 0.25) is 0 Å². The lowest BCUT2D eigenvalue weighted by Gasteiger charge is -2.30. The fraction of sp³-hybridized carbons (Fsp3) is 0.714. The van der Waals surface area contributed by atoms with Crippen LogP contribution >= 0.6 is 0 Å². The Morgan fingerprint density at radius 3 is 2.30 bits per heavy atom. The molecule has 4 rings (SSSR count). The number of likely N-dealkylation sites (tertiary alicyclic amines) is 2. The van der Waals surface area contributed by atoms with Gasteiger partial charge in [0.15, 0.2) is 0 Å². The van der Waals surface area contributed by atoms with Crippen molar-refractivity contribution in [2.45, 2.75) is 64.5 Å². The fourth-order valence-corrected chi connectivity index (χ4v) is 4.50. The summed E-state index contributed by atoms with van der Waals surface area (Å²) in [5.41, 5.74) is 0. The van der Waals surface area contributed by atoms with Crippen molar-refractivity contribution in [2.75, 3.05) is 26.2 Å². The van der Waals surface area contributed by atoms with E-state index in [0.29, 0.717) is 5.92 Å². The average Bonchev–Trinajstić information content (AvgIpc) is 3.12. The maximum Gasteiger partial charge on any atom is 0.146 e. The SMILES string of the molecule is Cc1ccc(CN2CCC(c3nnc(CN4CCCCCC4)n3C)CC2)o1. The van der Waals surface area contributed by atoms with Crippen LogP contribution in [0.5, 0.6) is 0 Å².